The van der Waals surface area contributed by atoms with Crippen molar-refractivity contribution in [2.75, 3.05) is 13.2 Å². The van der Waals surface area contributed by atoms with E-state index in [-0.39, 0.29) is 37.9 Å². The van der Waals surface area contributed by atoms with E-state index in [1.54, 1.807) is 27.7 Å². The van der Waals surface area contributed by atoms with E-state index >= 15 is 0 Å². The molecule has 0 aromatic heterocycles. The molecule has 1 aliphatic carbocycles. The fourth-order valence-electron chi connectivity index (χ4n) is 2.87. The Hall–Kier alpha value is -2.12. The van der Waals surface area contributed by atoms with E-state index in [9.17, 15) is 19.2 Å². The summed E-state index contributed by atoms with van der Waals surface area (Å²) in [5.41, 5.74) is -0.697. The molecule has 8 nitrogen and oxygen atoms in total. The van der Waals surface area contributed by atoms with Crippen LogP contribution in [0.3, 0.4) is 0 Å². The molecule has 1 atom stereocenters. The molecule has 0 aliphatic heterocycles. The number of nitrogens with zero attached hydrogens (tertiary/aromatic N) is 1. The van der Waals surface area contributed by atoms with Crippen LogP contribution >= 0.6 is 0 Å². The van der Waals surface area contributed by atoms with Gasteiger partial charge in [0.05, 0.1) is 13.0 Å². The van der Waals surface area contributed by atoms with Gasteiger partial charge in [-0.15, -0.1) is 0 Å². The van der Waals surface area contributed by atoms with Gasteiger partial charge in [0, 0.05) is 12.5 Å². The van der Waals surface area contributed by atoms with E-state index in [1.807, 2.05) is 6.92 Å². The van der Waals surface area contributed by atoms with Crippen molar-refractivity contribution in [2.24, 2.45) is 0 Å². The molecule has 0 aromatic carbocycles. The highest BCUT2D eigenvalue weighted by molar-refractivity contribution is 5.93. The van der Waals surface area contributed by atoms with Crippen LogP contribution in [-0.4, -0.2) is 59.5 Å². The Kier molecular flexibility index (Phi) is 10.1. The predicted molar refractivity (Wildman–Crippen MR) is 108 cm³/mol. The third-order valence-electron chi connectivity index (χ3n) is 4.31. The first kappa shape index (κ1) is 24.9. The van der Waals surface area contributed by atoms with Crippen molar-refractivity contribution in [2.45, 2.75) is 97.2 Å². The largest absolute Gasteiger partial charge is 0.465 e. The van der Waals surface area contributed by atoms with Gasteiger partial charge in [0.1, 0.15) is 18.2 Å². The second-order valence-electron chi connectivity index (χ2n) is 8.37. The maximum Gasteiger partial charge on any atom is 0.325 e. The van der Waals surface area contributed by atoms with Gasteiger partial charge in [-0.25, -0.2) is 0 Å². The molecule has 2 amide bonds. The molecule has 0 saturated heterocycles. The third kappa shape index (κ3) is 10.3. The lowest BCUT2D eigenvalue weighted by atomic mass is 10.1. The molecule has 166 valence electrons. The highest BCUT2D eigenvalue weighted by atomic mass is 16.6. The molecule has 0 spiro atoms. The number of nitrogens with one attached hydrogen (secondary N) is 1. The number of hydrogen-bond acceptors (Lipinski definition) is 6. The highest BCUT2D eigenvalue weighted by Crippen LogP contribution is 2.28. The molecule has 1 rings (SSSR count). The van der Waals surface area contributed by atoms with Gasteiger partial charge in [0.2, 0.25) is 11.8 Å². The number of esters is 2. The molecule has 0 aromatic rings. The van der Waals surface area contributed by atoms with E-state index < -0.39 is 29.5 Å². The Morgan fingerprint density at radius 2 is 1.72 bits per heavy atom. The third-order valence-corrected chi connectivity index (χ3v) is 4.31. The summed E-state index contributed by atoms with van der Waals surface area (Å²) in [6.45, 7) is 8.99. The first-order chi connectivity index (χ1) is 13.6. The van der Waals surface area contributed by atoms with Crippen molar-refractivity contribution in [1.82, 2.24) is 10.2 Å². The minimum absolute atomic E-state index is 0.0648. The smallest absolute Gasteiger partial charge is 0.325 e. The number of hydrogen-bond donors (Lipinski definition) is 1. The fourth-order valence-corrected chi connectivity index (χ4v) is 2.87. The lowest BCUT2D eigenvalue weighted by Crippen LogP contribution is -2.52. The molecule has 0 radical (unpaired) electrons. The Balaban J connectivity index is 2.87. The minimum atomic E-state index is -1.06. The molecule has 1 saturated carbocycles. The van der Waals surface area contributed by atoms with Crippen LogP contribution in [0.2, 0.25) is 0 Å². The standard InChI is InChI=1S/C21H36N2O6/c1-6-8-9-10-17(24)22-16(13-18(25)29-21(3,4)5)20(27)23(15-11-12-15)14-19(26)28-7-2/h15-16H,6-14H2,1-5H3,(H,22,24)/t16-/m0/s1. The van der Waals surface area contributed by atoms with Crippen molar-refractivity contribution in [3.8, 4) is 0 Å². The maximum absolute atomic E-state index is 13.1. The molecule has 1 aliphatic rings. The summed E-state index contributed by atoms with van der Waals surface area (Å²) < 4.78 is 10.3. The zero-order valence-electron chi connectivity index (χ0n) is 18.4. The van der Waals surface area contributed by atoms with Crippen molar-refractivity contribution in [3.63, 3.8) is 0 Å². The van der Waals surface area contributed by atoms with Crippen LogP contribution in [0.25, 0.3) is 0 Å². The van der Waals surface area contributed by atoms with Gasteiger partial charge in [-0.2, -0.15) is 0 Å². The zero-order valence-corrected chi connectivity index (χ0v) is 18.4. The SMILES string of the molecule is CCCCCC(=O)N[C@@H](CC(=O)OC(C)(C)C)C(=O)N(CC(=O)OCC)C1CC1. The first-order valence-electron chi connectivity index (χ1n) is 10.5. The second-order valence-corrected chi connectivity index (χ2v) is 8.37. The maximum atomic E-state index is 13.1. The van der Waals surface area contributed by atoms with Gasteiger partial charge in [-0.3, -0.25) is 19.2 Å². The molecule has 0 heterocycles. The highest BCUT2D eigenvalue weighted by Gasteiger charge is 2.39. The van der Waals surface area contributed by atoms with Crippen LogP contribution in [0.5, 0.6) is 0 Å². The Bertz CT molecular complexity index is 580. The van der Waals surface area contributed by atoms with Crippen molar-refractivity contribution >= 4 is 23.8 Å². The summed E-state index contributed by atoms with van der Waals surface area (Å²) in [5.74, 6) is -1.81. The molecular weight excluding hydrogens is 376 g/mol. The Labute approximate surface area is 173 Å². The van der Waals surface area contributed by atoms with Gasteiger partial charge in [0.25, 0.3) is 0 Å². The number of rotatable bonds is 12. The number of unbranched alkanes of at least 4 members (excludes halogenated alkanes) is 2. The molecule has 0 bridgehead atoms. The quantitative estimate of drug-likeness (QED) is 0.390. The summed E-state index contributed by atoms with van der Waals surface area (Å²) in [4.78, 5) is 51.1. The Morgan fingerprint density at radius 3 is 2.24 bits per heavy atom. The van der Waals surface area contributed by atoms with Crippen LogP contribution in [0.1, 0.15) is 79.6 Å². The minimum Gasteiger partial charge on any atom is -0.465 e. The van der Waals surface area contributed by atoms with E-state index in [0.29, 0.717) is 6.42 Å². The number of carbonyl (C=O) groups is 4. The Morgan fingerprint density at radius 1 is 1.07 bits per heavy atom. The number of amides is 2. The number of ether oxygens (including phenoxy) is 2. The van der Waals surface area contributed by atoms with Crippen LogP contribution < -0.4 is 5.32 Å². The zero-order chi connectivity index (χ0) is 22.0. The van der Waals surface area contributed by atoms with Crippen molar-refractivity contribution < 1.29 is 28.7 Å². The van der Waals surface area contributed by atoms with Gasteiger partial charge < -0.3 is 19.7 Å². The van der Waals surface area contributed by atoms with Crippen molar-refractivity contribution in [1.29, 1.82) is 0 Å². The van der Waals surface area contributed by atoms with Gasteiger partial charge in [0.15, 0.2) is 0 Å². The van der Waals surface area contributed by atoms with Gasteiger partial charge >= 0.3 is 11.9 Å². The van der Waals surface area contributed by atoms with E-state index in [2.05, 4.69) is 5.32 Å². The molecule has 29 heavy (non-hydrogen) atoms. The average Bonchev–Trinajstić information content (AvgIpc) is 3.42. The molecular formula is C21H36N2O6. The molecule has 1 fully saturated rings. The normalized spacial score (nSPS) is 14.7. The lowest BCUT2D eigenvalue weighted by molar-refractivity contribution is -0.158. The van der Waals surface area contributed by atoms with Crippen LogP contribution in [0.4, 0.5) is 0 Å². The summed E-state index contributed by atoms with van der Waals surface area (Å²) in [5, 5.41) is 2.68. The molecule has 0 unspecified atom stereocenters. The van der Waals surface area contributed by atoms with Gasteiger partial charge in [-0.05, 0) is 47.0 Å². The summed E-state index contributed by atoms with van der Waals surface area (Å²) in [6.07, 6.45) is 4.18. The fraction of sp³-hybridized carbons (Fsp3) is 0.810. The summed E-state index contributed by atoms with van der Waals surface area (Å²) >= 11 is 0. The molecule has 8 heteroatoms. The van der Waals surface area contributed by atoms with Crippen LogP contribution in [0.15, 0.2) is 0 Å². The summed E-state index contributed by atoms with van der Waals surface area (Å²) in [7, 11) is 0. The van der Waals surface area contributed by atoms with E-state index in [0.717, 1.165) is 25.7 Å². The van der Waals surface area contributed by atoms with E-state index in [1.165, 1.54) is 4.90 Å². The predicted octanol–water partition coefficient (Wildman–Crippen LogP) is 2.34. The van der Waals surface area contributed by atoms with Crippen molar-refractivity contribution in [3.05, 3.63) is 0 Å². The average molecular weight is 413 g/mol. The second kappa shape index (κ2) is 11.8. The number of carbonyl (C=O) groups excluding carboxylic acids is 4. The summed E-state index contributed by atoms with van der Waals surface area (Å²) in [6, 6.07) is -1.13. The topological polar surface area (TPSA) is 102 Å². The first-order valence-corrected chi connectivity index (χ1v) is 10.5. The van der Waals surface area contributed by atoms with Crippen LogP contribution in [0, 0.1) is 0 Å². The molecule has 1 N–H and O–H groups in total. The van der Waals surface area contributed by atoms with Crippen LogP contribution in [-0.2, 0) is 28.7 Å². The monoisotopic (exact) mass is 412 g/mol. The van der Waals surface area contributed by atoms with E-state index in [4.69, 9.17) is 9.47 Å². The lowest BCUT2D eigenvalue weighted by Gasteiger charge is -2.28. The van der Waals surface area contributed by atoms with Gasteiger partial charge in [-0.1, -0.05) is 19.8 Å².